The maximum absolute atomic E-state index is 12.3. The van der Waals surface area contributed by atoms with Crippen molar-refractivity contribution in [3.8, 4) is 0 Å². The number of hydrogen-bond acceptors (Lipinski definition) is 2. The monoisotopic (exact) mass is 280 g/mol. The molecule has 4 atom stereocenters. The Kier molecular flexibility index (Phi) is 3.73. The van der Waals surface area contributed by atoms with E-state index in [1.807, 2.05) is 0 Å². The lowest BCUT2D eigenvalue weighted by molar-refractivity contribution is -0.123. The fraction of sp³-hybridized carbons (Fsp3) is 0.941. The van der Waals surface area contributed by atoms with Crippen molar-refractivity contribution in [1.82, 2.24) is 5.32 Å². The summed E-state index contributed by atoms with van der Waals surface area (Å²) in [4.78, 5) is 12.3. The quantitative estimate of drug-likeness (QED) is 0.834. The predicted molar refractivity (Wildman–Crippen MR) is 83.2 cm³/mol. The van der Waals surface area contributed by atoms with E-state index in [-0.39, 0.29) is 22.8 Å². The lowest BCUT2D eigenvalue weighted by Gasteiger charge is -2.39. The highest BCUT2D eigenvalue weighted by Gasteiger charge is 2.61. The highest BCUT2D eigenvalue weighted by atomic mass is 16.1. The Morgan fingerprint density at radius 2 is 1.95 bits per heavy atom. The minimum Gasteiger partial charge on any atom is -0.353 e. The summed E-state index contributed by atoms with van der Waals surface area (Å²) in [5, 5.41) is 3.29. The molecule has 2 bridgehead atoms. The molecular weight excluding hydrogens is 248 g/mol. The molecule has 3 N–H and O–H groups in total. The van der Waals surface area contributed by atoms with E-state index < -0.39 is 0 Å². The molecule has 3 heteroatoms. The number of carbonyl (C=O) groups excluding carboxylic acids is 1. The van der Waals surface area contributed by atoms with Crippen molar-refractivity contribution in [2.45, 2.75) is 79.3 Å². The number of hydrogen-bond donors (Lipinski definition) is 2. The number of fused-ring (bicyclic) bond motifs is 2. The van der Waals surface area contributed by atoms with Gasteiger partial charge in [-0.25, -0.2) is 0 Å². The van der Waals surface area contributed by atoms with Gasteiger partial charge in [0, 0.05) is 18.5 Å². The van der Waals surface area contributed by atoms with E-state index >= 15 is 0 Å². The van der Waals surface area contributed by atoms with Gasteiger partial charge in [0.05, 0.1) is 0 Å². The van der Waals surface area contributed by atoms with E-state index in [1.165, 1.54) is 12.8 Å². The van der Waals surface area contributed by atoms with Gasteiger partial charge in [-0.1, -0.05) is 41.5 Å². The standard InChI is InChI=1S/C17H32N2O/c1-15(2,3)12(18)10-14(20)19-13-9-11-7-8-17(13,6)16(11,4)5/h11-13H,7-10,18H2,1-6H3,(H,19,20). The molecule has 0 spiro atoms. The Balaban J connectivity index is 1.97. The molecule has 2 saturated carbocycles. The molecule has 0 heterocycles. The minimum absolute atomic E-state index is 0.0187. The average Bonchev–Trinajstić information content (AvgIpc) is 2.60. The SMILES string of the molecule is CC(C)(C)C(N)CC(=O)NC1CC2CCC1(C)C2(C)C. The molecule has 0 saturated heterocycles. The van der Waals surface area contributed by atoms with Gasteiger partial charge in [-0.05, 0) is 41.4 Å². The molecule has 4 unspecified atom stereocenters. The largest absolute Gasteiger partial charge is 0.353 e. The molecule has 3 nitrogen and oxygen atoms in total. The second-order valence-electron chi connectivity index (χ2n) is 8.91. The maximum Gasteiger partial charge on any atom is 0.221 e. The third kappa shape index (κ3) is 2.38. The second-order valence-corrected chi connectivity index (χ2v) is 8.91. The van der Waals surface area contributed by atoms with Crippen molar-refractivity contribution in [3.63, 3.8) is 0 Å². The van der Waals surface area contributed by atoms with Crippen molar-refractivity contribution in [2.24, 2.45) is 27.9 Å². The molecular formula is C17H32N2O. The van der Waals surface area contributed by atoms with Gasteiger partial charge in [0.15, 0.2) is 0 Å². The Hall–Kier alpha value is -0.570. The molecule has 2 fully saturated rings. The van der Waals surface area contributed by atoms with E-state index in [9.17, 15) is 4.79 Å². The Morgan fingerprint density at radius 3 is 2.35 bits per heavy atom. The van der Waals surface area contributed by atoms with E-state index in [4.69, 9.17) is 5.73 Å². The highest BCUT2D eigenvalue weighted by Crippen LogP contribution is 2.65. The summed E-state index contributed by atoms with van der Waals surface area (Å²) in [6, 6.07) is 0.248. The molecule has 0 radical (unpaired) electrons. The number of rotatable bonds is 3. The summed E-state index contributed by atoms with van der Waals surface area (Å²) in [6.07, 6.45) is 4.12. The Morgan fingerprint density at radius 1 is 1.35 bits per heavy atom. The van der Waals surface area contributed by atoms with Gasteiger partial charge in [-0.3, -0.25) is 4.79 Å². The topological polar surface area (TPSA) is 55.1 Å². The first-order valence-electron chi connectivity index (χ1n) is 8.03. The second kappa shape index (κ2) is 4.72. The van der Waals surface area contributed by atoms with Gasteiger partial charge >= 0.3 is 0 Å². The van der Waals surface area contributed by atoms with Gasteiger partial charge in [0.1, 0.15) is 0 Å². The predicted octanol–water partition coefficient (Wildman–Crippen LogP) is 3.08. The van der Waals surface area contributed by atoms with Crippen molar-refractivity contribution in [2.75, 3.05) is 0 Å². The zero-order valence-electron chi connectivity index (χ0n) is 14.0. The number of carbonyl (C=O) groups is 1. The van der Waals surface area contributed by atoms with Crippen LogP contribution >= 0.6 is 0 Å². The molecule has 1 amide bonds. The van der Waals surface area contributed by atoms with Crippen LogP contribution in [0.1, 0.15) is 67.2 Å². The van der Waals surface area contributed by atoms with Crippen LogP contribution in [-0.2, 0) is 4.79 Å². The zero-order chi connectivity index (χ0) is 15.3. The van der Waals surface area contributed by atoms with Gasteiger partial charge in [-0.2, -0.15) is 0 Å². The number of amides is 1. The van der Waals surface area contributed by atoms with Gasteiger partial charge in [0.25, 0.3) is 0 Å². The molecule has 0 aliphatic heterocycles. The first-order valence-corrected chi connectivity index (χ1v) is 8.03. The van der Waals surface area contributed by atoms with Crippen LogP contribution in [0.4, 0.5) is 0 Å². The summed E-state index contributed by atoms with van der Waals surface area (Å²) >= 11 is 0. The average molecular weight is 280 g/mol. The smallest absolute Gasteiger partial charge is 0.221 e. The lowest BCUT2D eigenvalue weighted by Crippen LogP contribution is -2.49. The van der Waals surface area contributed by atoms with E-state index in [2.05, 4.69) is 46.9 Å². The summed E-state index contributed by atoms with van der Waals surface area (Å²) in [5.74, 6) is 0.885. The van der Waals surface area contributed by atoms with Crippen molar-refractivity contribution < 1.29 is 4.79 Å². The van der Waals surface area contributed by atoms with Crippen LogP contribution in [0.2, 0.25) is 0 Å². The summed E-state index contributed by atoms with van der Waals surface area (Å²) in [7, 11) is 0. The summed E-state index contributed by atoms with van der Waals surface area (Å²) < 4.78 is 0. The molecule has 116 valence electrons. The fourth-order valence-electron chi connectivity index (χ4n) is 4.18. The first-order chi connectivity index (χ1) is 8.98. The Labute approximate surface area is 124 Å². The summed E-state index contributed by atoms with van der Waals surface area (Å²) in [5.41, 5.74) is 6.70. The maximum atomic E-state index is 12.3. The molecule has 0 aromatic rings. The van der Waals surface area contributed by atoms with E-state index in [0.29, 0.717) is 17.9 Å². The molecule has 2 aliphatic carbocycles. The summed E-state index contributed by atoms with van der Waals surface area (Å²) in [6.45, 7) is 13.4. The molecule has 0 aromatic carbocycles. The van der Waals surface area contributed by atoms with Crippen LogP contribution in [0, 0.1) is 22.2 Å². The zero-order valence-corrected chi connectivity index (χ0v) is 14.0. The van der Waals surface area contributed by atoms with Crippen LogP contribution in [-0.4, -0.2) is 18.0 Å². The Bertz CT molecular complexity index is 396. The van der Waals surface area contributed by atoms with E-state index in [1.54, 1.807) is 0 Å². The minimum atomic E-state index is -0.0816. The first kappa shape index (κ1) is 15.8. The lowest BCUT2D eigenvalue weighted by atomic mass is 9.69. The van der Waals surface area contributed by atoms with Crippen LogP contribution < -0.4 is 11.1 Å². The molecule has 0 aromatic heterocycles. The van der Waals surface area contributed by atoms with Crippen molar-refractivity contribution in [3.05, 3.63) is 0 Å². The molecule has 20 heavy (non-hydrogen) atoms. The van der Waals surface area contributed by atoms with Crippen LogP contribution in [0.3, 0.4) is 0 Å². The van der Waals surface area contributed by atoms with Gasteiger partial charge < -0.3 is 11.1 Å². The number of nitrogens with two attached hydrogens (primary N) is 1. The van der Waals surface area contributed by atoms with Crippen LogP contribution in [0.5, 0.6) is 0 Å². The van der Waals surface area contributed by atoms with Crippen molar-refractivity contribution in [1.29, 1.82) is 0 Å². The van der Waals surface area contributed by atoms with Crippen molar-refractivity contribution >= 4 is 5.91 Å². The third-order valence-corrected chi connectivity index (χ3v) is 6.65. The van der Waals surface area contributed by atoms with Crippen LogP contribution in [0.15, 0.2) is 0 Å². The van der Waals surface area contributed by atoms with Gasteiger partial charge in [-0.15, -0.1) is 0 Å². The normalized spacial score (nSPS) is 37.0. The van der Waals surface area contributed by atoms with Gasteiger partial charge in [0.2, 0.25) is 5.91 Å². The van der Waals surface area contributed by atoms with Crippen LogP contribution in [0.25, 0.3) is 0 Å². The molecule has 2 aliphatic rings. The molecule has 2 rings (SSSR count). The number of nitrogens with one attached hydrogen (secondary N) is 1. The third-order valence-electron chi connectivity index (χ3n) is 6.65. The highest BCUT2D eigenvalue weighted by molar-refractivity contribution is 5.77. The fourth-order valence-corrected chi connectivity index (χ4v) is 4.18. The van der Waals surface area contributed by atoms with E-state index in [0.717, 1.165) is 12.3 Å².